The summed E-state index contributed by atoms with van der Waals surface area (Å²) in [7, 11) is 0. The van der Waals surface area contributed by atoms with Crippen LogP contribution < -0.4 is 0 Å². The van der Waals surface area contributed by atoms with E-state index in [1.807, 2.05) is 37.3 Å². The van der Waals surface area contributed by atoms with Crippen LogP contribution in [0.25, 0.3) is 5.69 Å². The molecule has 1 aliphatic heterocycles. The van der Waals surface area contributed by atoms with Crippen molar-refractivity contribution < 1.29 is 9.53 Å². The number of amides is 1. The van der Waals surface area contributed by atoms with Crippen molar-refractivity contribution in [2.75, 3.05) is 26.3 Å². The molecule has 1 amide bonds. The Hall–Kier alpha value is -1.85. The van der Waals surface area contributed by atoms with Crippen molar-refractivity contribution in [3.05, 3.63) is 46.7 Å². The summed E-state index contributed by atoms with van der Waals surface area (Å²) < 4.78 is 7.02. The first-order chi connectivity index (χ1) is 10.1. The molecule has 5 nitrogen and oxygen atoms in total. The highest BCUT2D eigenvalue weighted by atomic mass is 35.5. The summed E-state index contributed by atoms with van der Waals surface area (Å²) in [5.74, 6) is -0.0471. The van der Waals surface area contributed by atoms with Gasteiger partial charge in [0.15, 0.2) is 5.69 Å². The van der Waals surface area contributed by atoms with Crippen molar-refractivity contribution in [3.8, 4) is 5.69 Å². The van der Waals surface area contributed by atoms with Gasteiger partial charge in [-0.05, 0) is 37.3 Å². The summed E-state index contributed by atoms with van der Waals surface area (Å²) in [6.07, 6.45) is 0. The van der Waals surface area contributed by atoms with Gasteiger partial charge in [-0.1, -0.05) is 11.6 Å². The minimum Gasteiger partial charge on any atom is -0.378 e. The minimum atomic E-state index is -0.0471. The van der Waals surface area contributed by atoms with Gasteiger partial charge in [-0.15, -0.1) is 0 Å². The van der Waals surface area contributed by atoms with Crippen molar-refractivity contribution in [2.45, 2.75) is 6.92 Å². The molecule has 1 aliphatic rings. The first kappa shape index (κ1) is 14.1. The molecule has 2 heterocycles. The Labute approximate surface area is 128 Å². The molecule has 0 aliphatic carbocycles. The Balaban J connectivity index is 1.86. The third-order valence-corrected chi connectivity index (χ3v) is 3.73. The summed E-state index contributed by atoms with van der Waals surface area (Å²) >= 11 is 5.89. The number of hydrogen-bond donors (Lipinski definition) is 0. The largest absolute Gasteiger partial charge is 0.378 e. The lowest BCUT2D eigenvalue weighted by Gasteiger charge is -2.25. The van der Waals surface area contributed by atoms with Crippen molar-refractivity contribution in [1.29, 1.82) is 0 Å². The maximum absolute atomic E-state index is 12.4. The Morgan fingerprint density at radius 2 is 1.90 bits per heavy atom. The molecule has 3 rings (SSSR count). The van der Waals surface area contributed by atoms with Crippen molar-refractivity contribution >= 4 is 17.5 Å². The Kier molecular flexibility index (Phi) is 3.94. The minimum absolute atomic E-state index is 0.0471. The molecular weight excluding hydrogens is 290 g/mol. The zero-order chi connectivity index (χ0) is 14.8. The second-order valence-electron chi connectivity index (χ2n) is 4.96. The van der Waals surface area contributed by atoms with Crippen LogP contribution in [0.4, 0.5) is 0 Å². The molecule has 2 aromatic rings. The highest BCUT2D eigenvalue weighted by Crippen LogP contribution is 2.16. The molecule has 0 N–H and O–H groups in total. The molecule has 1 aromatic heterocycles. The third-order valence-electron chi connectivity index (χ3n) is 3.48. The Morgan fingerprint density at radius 1 is 1.24 bits per heavy atom. The van der Waals surface area contributed by atoms with Gasteiger partial charge in [0.25, 0.3) is 5.91 Å². The summed E-state index contributed by atoms with van der Waals surface area (Å²) in [5, 5.41) is 5.10. The van der Waals surface area contributed by atoms with Gasteiger partial charge in [-0.3, -0.25) is 4.79 Å². The van der Waals surface area contributed by atoms with Gasteiger partial charge in [-0.25, -0.2) is 4.68 Å². The summed E-state index contributed by atoms with van der Waals surface area (Å²) in [6.45, 7) is 4.33. The van der Waals surface area contributed by atoms with Gasteiger partial charge in [0, 0.05) is 23.8 Å². The first-order valence-electron chi connectivity index (χ1n) is 6.85. The van der Waals surface area contributed by atoms with Crippen LogP contribution in [0, 0.1) is 6.92 Å². The van der Waals surface area contributed by atoms with Gasteiger partial charge in [-0.2, -0.15) is 5.10 Å². The number of ether oxygens (including phenoxy) is 1. The van der Waals surface area contributed by atoms with Gasteiger partial charge < -0.3 is 9.64 Å². The van der Waals surface area contributed by atoms with Gasteiger partial charge in [0.1, 0.15) is 0 Å². The number of nitrogens with zero attached hydrogens (tertiary/aromatic N) is 3. The predicted octanol–water partition coefficient (Wildman–Crippen LogP) is 2.31. The van der Waals surface area contributed by atoms with Crippen LogP contribution in [0.15, 0.2) is 30.3 Å². The van der Waals surface area contributed by atoms with Crippen LogP contribution in [-0.4, -0.2) is 46.9 Å². The van der Waals surface area contributed by atoms with E-state index in [0.717, 1.165) is 11.4 Å². The molecule has 0 saturated carbocycles. The summed E-state index contributed by atoms with van der Waals surface area (Å²) in [4.78, 5) is 14.2. The number of halogens is 1. The monoisotopic (exact) mass is 305 g/mol. The maximum atomic E-state index is 12.4. The van der Waals surface area contributed by atoms with Crippen molar-refractivity contribution in [1.82, 2.24) is 14.7 Å². The van der Waals surface area contributed by atoms with Gasteiger partial charge in [0.2, 0.25) is 0 Å². The van der Waals surface area contributed by atoms with Crippen LogP contribution in [0.2, 0.25) is 5.02 Å². The molecule has 0 atom stereocenters. The van der Waals surface area contributed by atoms with Crippen LogP contribution in [0.3, 0.4) is 0 Å². The van der Waals surface area contributed by atoms with Crippen molar-refractivity contribution in [3.63, 3.8) is 0 Å². The predicted molar refractivity (Wildman–Crippen MR) is 80.0 cm³/mol. The lowest BCUT2D eigenvalue weighted by atomic mass is 10.3. The summed E-state index contributed by atoms with van der Waals surface area (Å²) in [6, 6.07) is 9.19. The average molecular weight is 306 g/mol. The standard InChI is InChI=1S/C15H16ClN3O2/c1-11-10-14(15(20)18-6-8-21-9-7-18)17-19(11)13-4-2-12(16)3-5-13/h2-5,10H,6-9H2,1H3. The number of rotatable bonds is 2. The maximum Gasteiger partial charge on any atom is 0.274 e. The van der Waals surface area contributed by atoms with E-state index in [0.29, 0.717) is 37.0 Å². The molecule has 0 spiro atoms. The average Bonchev–Trinajstić information content (AvgIpc) is 2.90. The van der Waals surface area contributed by atoms with E-state index in [1.165, 1.54) is 0 Å². The highest BCUT2D eigenvalue weighted by Gasteiger charge is 2.21. The molecule has 0 unspecified atom stereocenters. The number of benzene rings is 1. The molecule has 21 heavy (non-hydrogen) atoms. The van der Waals surface area contributed by atoms with E-state index in [-0.39, 0.29) is 5.91 Å². The molecule has 1 saturated heterocycles. The van der Waals surface area contributed by atoms with E-state index in [4.69, 9.17) is 16.3 Å². The zero-order valence-electron chi connectivity index (χ0n) is 11.8. The lowest BCUT2D eigenvalue weighted by Crippen LogP contribution is -2.40. The van der Waals surface area contributed by atoms with Crippen LogP contribution in [0.5, 0.6) is 0 Å². The van der Waals surface area contributed by atoms with Crippen LogP contribution in [0.1, 0.15) is 16.2 Å². The van der Waals surface area contributed by atoms with E-state index in [1.54, 1.807) is 9.58 Å². The number of carbonyl (C=O) groups is 1. The van der Waals surface area contributed by atoms with E-state index < -0.39 is 0 Å². The van der Waals surface area contributed by atoms with E-state index in [2.05, 4.69) is 5.10 Å². The van der Waals surface area contributed by atoms with Crippen LogP contribution in [-0.2, 0) is 4.74 Å². The Morgan fingerprint density at radius 3 is 2.57 bits per heavy atom. The quantitative estimate of drug-likeness (QED) is 0.855. The number of hydrogen-bond acceptors (Lipinski definition) is 3. The van der Waals surface area contributed by atoms with Crippen LogP contribution >= 0.6 is 11.6 Å². The lowest BCUT2D eigenvalue weighted by molar-refractivity contribution is 0.0298. The molecule has 6 heteroatoms. The number of aromatic nitrogens is 2. The molecule has 1 fully saturated rings. The van der Waals surface area contributed by atoms with Crippen molar-refractivity contribution in [2.24, 2.45) is 0 Å². The second kappa shape index (κ2) is 5.87. The molecule has 0 radical (unpaired) electrons. The molecule has 1 aromatic carbocycles. The fourth-order valence-electron chi connectivity index (χ4n) is 2.35. The number of aryl methyl sites for hydroxylation is 1. The van der Waals surface area contributed by atoms with Gasteiger partial charge >= 0.3 is 0 Å². The normalized spacial score (nSPS) is 15.2. The summed E-state index contributed by atoms with van der Waals surface area (Å²) in [5.41, 5.74) is 2.26. The SMILES string of the molecule is Cc1cc(C(=O)N2CCOCC2)nn1-c1ccc(Cl)cc1. The first-order valence-corrected chi connectivity index (χ1v) is 7.22. The number of morpholine rings is 1. The third kappa shape index (κ3) is 2.94. The fourth-order valence-corrected chi connectivity index (χ4v) is 2.48. The smallest absolute Gasteiger partial charge is 0.274 e. The molecule has 110 valence electrons. The topological polar surface area (TPSA) is 47.4 Å². The van der Waals surface area contributed by atoms with E-state index >= 15 is 0 Å². The highest BCUT2D eigenvalue weighted by molar-refractivity contribution is 6.30. The number of carbonyl (C=O) groups excluding carboxylic acids is 1. The second-order valence-corrected chi connectivity index (χ2v) is 5.40. The zero-order valence-corrected chi connectivity index (χ0v) is 12.5. The Bertz CT molecular complexity index is 645. The molecule has 0 bridgehead atoms. The molecular formula is C15H16ClN3O2. The fraction of sp³-hybridized carbons (Fsp3) is 0.333. The van der Waals surface area contributed by atoms with E-state index in [9.17, 15) is 4.79 Å². The van der Waals surface area contributed by atoms with Gasteiger partial charge in [0.05, 0.1) is 18.9 Å².